The van der Waals surface area contributed by atoms with Crippen molar-refractivity contribution in [2.24, 2.45) is 0 Å². The summed E-state index contributed by atoms with van der Waals surface area (Å²) in [6.07, 6.45) is 8.32. The standard InChI is InChI=1S/C74H50N4O2/c1-76-74-64-41-35-51(28-26-49-30-36-55(37-31-49)77(68-24-12-16-53-14-4-6-18-57(53)68)70-42-44-72(79-2)62-22-10-8-20-60(62)70)46-65(64)67(48-75)59-40-34-52(47-66(59)74)29-27-50-32-38-56(39-33-50)78(69-25-13-17-54-15-5-7-19-58(54)69)71-43-45-73(80-3)63-23-11-9-21-61(63)71/h4-47H,2-3H3. The minimum absolute atomic E-state index is 0.527. The molecule has 13 aromatic rings. The number of nitriles is 1. The van der Waals surface area contributed by atoms with Crippen molar-refractivity contribution in [3.63, 3.8) is 0 Å². The van der Waals surface area contributed by atoms with E-state index in [2.05, 4.69) is 227 Å². The molecule has 0 aliphatic heterocycles. The Morgan fingerprint density at radius 2 is 0.750 bits per heavy atom. The molecule has 0 saturated heterocycles. The SMILES string of the molecule is [C-]#[N+]c1c2ccc(C=Cc3ccc(N(c4cccc5ccccc45)c4ccc(OC)c5ccccc45)cc3)cc2c(C#N)c2ccc(C=Cc3ccc(N(c4cccc5ccccc45)c4ccc(OC)c5ccccc45)cc3)cc12. The lowest BCUT2D eigenvalue weighted by Gasteiger charge is -2.28. The van der Waals surface area contributed by atoms with E-state index in [4.69, 9.17) is 16.0 Å². The minimum Gasteiger partial charge on any atom is -0.496 e. The van der Waals surface area contributed by atoms with Crippen LogP contribution in [0.3, 0.4) is 0 Å². The summed E-state index contributed by atoms with van der Waals surface area (Å²) in [6.45, 7) is 8.42. The molecule has 0 spiro atoms. The van der Waals surface area contributed by atoms with Gasteiger partial charge in [0.1, 0.15) is 17.6 Å². The van der Waals surface area contributed by atoms with E-state index in [1.54, 1.807) is 14.2 Å². The fourth-order valence-electron chi connectivity index (χ4n) is 11.4. The summed E-state index contributed by atoms with van der Waals surface area (Å²) in [6, 6.07) is 86.7. The van der Waals surface area contributed by atoms with E-state index < -0.39 is 0 Å². The van der Waals surface area contributed by atoms with E-state index in [-0.39, 0.29) is 0 Å². The van der Waals surface area contributed by atoms with Gasteiger partial charge in [-0.15, -0.1) is 0 Å². The van der Waals surface area contributed by atoms with Gasteiger partial charge in [-0.05, 0) is 121 Å². The summed E-state index contributed by atoms with van der Waals surface area (Å²) in [7, 11) is 3.43. The average molecular weight is 1030 g/mol. The van der Waals surface area contributed by atoms with Crippen LogP contribution < -0.4 is 19.3 Å². The molecule has 80 heavy (non-hydrogen) atoms. The van der Waals surface area contributed by atoms with Gasteiger partial charge < -0.3 is 19.3 Å². The molecule has 0 aromatic heterocycles. The van der Waals surface area contributed by atoms with Crippen LogP contribution in [-0.2, 0) is 0 Å². The highest BCUT2D eigenvalue weighted by molar-refractivity contribution is 6.16. The molecule has 0 N–H and O–H groups in total. The molecule has 0 atom stereocenters. The van der Waals surface area contributed by atoms with E-state index in [0.29, 0.717) is 11.3 Å². The van der Waals surface area contributed by atoms with Gasteiger partial charge in [-0.25, -0.2) is 4.85 Å². The second-order valence-corrected chi connectivity index (χ2v) is 19.7. The Bertz CT molecular complexity index is 4410. The summed E-state index contributed by atoms with van der Waals surface area (Å²) < 4.78 is 11.6. The van der Waals surface area contributed by atoms with Crippen LogP contribution in [0.15, 0.2) is 243 Å². The highest BCUT2D eigenvalue weighted by Crippen LogP contribution is 2.46. The van der Waals surface area contributed by atoms with E-state index in [1.165, 1.54) is 0 Å². The number of ether oxygens (including phenoxy) is 2. The molecule has 0 aliphatic carbocycles. The van der Waals surface area contributed by atoms with Gasteiger partial charge in [-0.1, -0.05) is 200 Å². The van der Waals surface area contributed by atoms with E-state index in [1.807, 2.05) is 60.7 Å². The van der Waals surface area contributed by atoms with E-state index in [9.17, 15) is 5.26 Å². The van der Waals surface area contributed by atoms with Gasteiger partial charge in [0, 0.05) is 43.7 Å². The zero-order chi connectivity index (χ0) is 54.1. The molecule has 6 nitrogen and oxygen atoms in total. The minimum atomic E-state index is 0.527. The Balaban J connectivity index is 0.797. The van der Waals surface area contributed by atoms with Crippen LogP contribution in [0.2, 0.25) is 0 Å². The second kappa shape index (κ2) is 20.9. The predicted molar refractivity (Wildman–Crippen MR) is 336 cm³/mol. The summed E-state index contributed by atoms with van der Waals surface area (Å²) in [5.41, 5.74) is 11.3. The summed E-state index contributed by atoms with van der Waals surface area (Å²) >= 11 is 0. The maximum absolute atomic E-state index is 10.8. The Kier molecular flexibility index (Phi) is 12.7. The molecule has 0 heterocycles. The first kappa shape index (κ1) is 48.7. The zero-order valence-electron chi connectivity index (χ0n) is 44.0. The lowest BCUT2D eigenvalue weighted by atomic mass is 9.93. The fraction of sp³-hybridized carbons (Fsp3) is 0.0270. The lowest BCUT2D eigenvalue weighted by molar-refractivity contribution is 0.420. The Morgan fingerprint density at radius 1 is 0.362 bits per heavy atom. The van der Waals surface area contributed by atoms with Crippen molar-refractivity contribution in [1.82, 2.24) is 0 Å². The molecule has 378 valence electrons. The van der Waals surface area contributed by atoms with Crippen LogP contribution in [0, 0.1) is 17.9 Å². The van der Waals surface area contributed by atoms with Crippen LogP contribution in [0.4, 0.5) is 39.8 Å². The molecule has 13 rings (SSSR count). The molecular formula is C74H50N4O2. The molecule has 0 radical (unpaired) electrons. The quantitative estimate of drug-likeness (QED) is 0.0693. The Morgan fingerprint density at radius 3 is 1.21 bits per heavy atom. The normalized spacial score (nSPS) is 11.5. The van der Waals surface area contributed by atoms with E-state index in [0.717, 1.165) is 133 Å². The van der Waals surface area contributed by atoms with Gasteiger partial charge in [0.15, 0.2) is 0 Å². The Hall–Kier alpha value is -10.9. The van der Waals surface area contributed by atoms with Crippen LogP contribution in [0.5, 0.6) is 11.5 Å². The van der Waals surface area contributed by atoms with E-state index >= 15 is 0 Å². The molecule has 6 heteroatoms. The van der Waals surface area contributed by atoms with Gasteiger partial charge in [-0.2, -0.15) is 5.26 Å². The van der Waals surface area contributed by atoms with Crippen molar-refractivity contribution in [2.45, 2.75) is 0 Å². The van der Waals surface area contributed by atoms with Gasteiger partial charge in [0.2, 0.25) is 5.69 Å². The monoisotopic (exact) mass is 1030 g/mol. The topological polar surface area (TPSA) is 53.1 Å². The number of hydrogen-bond donors (Lipinski definition) is 0. The number of hydrogen-bond acceptors (Lipinski definition) is 5. The average Bonchev–Trinajstić information content (AvgIpc) is 3.54. The first-order valence-corrected chi connectivity index (χ1v) is 26.5. The number of nitrogens with zero attached hydrogens (tertiary/aromatic N) is 4. The second-order valence-electron chi connectivity index (χ2n) is 19.7. The molecule has 0 bridgehead atoms. The van der Waals surface area contributed by atoms with Crippen molar-refractivity contribution in [1.29, 1.82) is 5.26 Å². The molecular weight excluding hydrogens is 977 g/mol. The third-order valence-corrected chi connectivity index (χ3v) is 15.3. The van der Waals surface area contributed by atoms with Gasteiger partial charge >= 0.3 is 0 Å². The molecule has 0 aliphatic rings. The van der Waals surface area contributed by atoms with Crippen molar-refractivity contribution >= 4 is 129 Å². The van der Waals surface area contributed by atoms with Crippen LogP contribution in [-0.4, -0.2) is 14.2 Å². The number of methoxy groups -OCH3 is 2. The Labute approximate surface area is 464 Å². The predicted octanol–water partition coefficient (Wildman–Crippen LogP) is 20.3. The first-order chi connectivity index (χ1) is 39.5. The van der Waals surface area contributed by atoms with Crippen molar-refractivity contribution in [3.8, 4) is 17.6 Å². The summed E-state index contributed by atoms with van der Waals surface area (Å²) in [5.74, 6) is 1.66. The first-order valence-electron chi connectivity index (χ1n) is 26.5. The highest BCUT2D eigenvalue weighted by Gasteiger charge is 2.22. The third kappa shape index (κ3) is 8.74. The highest BCUT2D eigenvalue weighted by atomic mass is 16.5. The number of fused-ring (bicyclic) bond motifs is 6. The maximum Gasteiger partial charge on any atom is 0.202 e. The van der Waals surface area contributed by atoms with Gasteiger partial charge in [0.05, 0.1) is 49.1 Å². The molecule has 0 amide bonds. The van der Waals surface area contributed by atoms with Crippen molar-refractivity contribution < 1.29 is 9.47 Å². The fourth-order valence-corrected chi connectivity index (χ4v) is 11.4. The van der Waals surface area contributed by atoms with Crippen LogP contribution >= 0.6 is 0 Å². The molecule has 0 unspecified atom stereocenters. The zero-order valence-corrected chi connectivity index (χ0v) is 44.0. The van der Waals surface area contributed by atoms with Crippen molar-refractivity contribution in [3.05, 3.63) is 282 Å². The van der Waals surface area contributed by atoms with Gasteiger partial charge in [-0.3, -0.25) is 0 Å². The van der Waals surface area contributed by atoms with Crippen LogP contribution in [0.1, 0.15) is 27.8 Å². The lowest BCUT2D eigenvalue weighted by Crippen LogP contribution is -2.11. The maximum atomic E-state index is 10.8. The number of anilines is 6. The number of benzene rings is 13. The smallest absolute Gasteiger partial charge is 0.202 e. The number of rotatable bonds is 12. The van der Waals surface area contributed by atoms with Gasteiger partial charge in [0.25, 0.3) is 0 Å². The largest absolute Gasteiger partial charge is 0.496 e. The van der Waals surface area contributed by atoms with Crippen molar-refractivity contribution in [2.75, 3.05) is 24.0 Å². The molecule has 13 aromatic carbocycles. The molecule has 0 saturated carbocycles. The summed E-state index contributed by atoms with van der Waals surface area (Å²) in [5, 5.41) is 22.6. The van der Waals surface area contributed by atoms with Crippen LogP contribution in [0.25, 0.3) is 93.8 Å². The summed E-state index contributed by atoms with van der Waals surface area (Å²) in [4.78, 5) is 8.75. The third-order valence-electron chi connectivity index (χ3n) is 15.3. The molecule has 0 fully saturated rings.